The number of aromatic nitrogens is 1. The van der Waals surface area contributed by atoms with Crippen LogP contribution in [0.1, 0.15) is 31.5 Å². The van der Waals surface area contributed by atoms with E-state index in [0.29, 0.717) is 0 Å². The normalized spacial score (nSPS) is 12.0. The van der Waals surface area contributed by atoms with Crippen molar-refractivity contribution in [2.75, 3.05) is 6.54 Å². The molecule has 2 rings (SSSR count). The standard InChI is InChI=1S/C15H20N2/c1-11-4-5-12-10-13(6-7-14(12)17-11)15(2,3)8-9-16/h4-7,10H,8-9,16H2,1-3H3. The number of nitrogens with two attached hydrogens (primary N) is 1. The molecular weight excluding hydrogens is 208 g/mol. The Morgan fingerprint density at radius 3 is 2.65 bits per heavy atom. The Labute approximate surface area is 103 Å². The second kappa shape index (κ2) is 4.46. The van der Waals surface area contributed by atoms with Crippen molar-refractivity contribution in [2.24, 2.45) is 5.73 Å². The van der Waals surface area contributed by atoms with E-state index >= 15 is 0 Å². The highest BCUT2D eigenvalue weighted by Gasteiger charge is 2.19. The molecule has 0 aliphatic carbocycles. The Hall–Kier alpha value is -1.41. The van der Waals surface area contributed by atoms with E-state index in [1.165, 1.54) is 10.9 Å². The van der Waals surface area contributed by atoms with Gasteiger partial charge in [-0.15, -0.1) is 0 Å². The molecular formula is C15H20N2. The van der Waals surface area contributed by atoms with Crippen molar-refractivity contribution < 1.29 is 0 Å². The van der Waals surface area contributed by atoms with Gasteiger partial charge in [0.15, 0.2) is 0 Å². The van der Waals surface area contributed by atoms with Gasteiger partial charge >= 0.3 is 0 Å². The van der Waals surface area contributed by atoms with Crippen LogP contribution in [-0.4, -0.2) is 11.5 Å². The van der Waals surface area contributed by atoms with Gasteiger partial charge in [0, 0.05) is 11.1 Å². The van der Waals surface area contributed by atoms with E-state index in [4.69, 9.17) is 5.73 Å². The van der Waals surface area contributed by atoms with E-state index in [1.54, 1.807) is 0 Å². The average molecular weight is 228 g/mol. The van der Waals surface area contributed by atoms with Crippen molar-refractivity contribution in [1.82, 2.24) is 4.98 Å². The molecule has 2 aromatic rings. The average Bonchev–Trinajstić information content (AvgIpc) is 2.28. The number of hydrogen-bond acceptors (Lipinski definition) is 2. The van der Waals surface area contributed by atoms with Crippen LogP contribution in [-0.2, 0) is 5.41 Å². The fourth-order valence-corrected chi connectivity index (χ4v) is 2.15. The van der Waals surface area contributed by atoms with Crippen molar-refractivity contribution in [3.63, 3.8) is 0 Å². The number of fused-ring (bicyclic) bond motifs is 1. The van der Waals surface area contributed by atoms with E-state index in [-0.39, 0.29) is 5.41 Å². The molecule has 1 aromatic heterocycles. The maximum atomic E-state index is 5.67. The number of nitrogens with zero attached hydrogens (tertiary/aromatic N) is 1. The van der Waals surface area contributed by atoms with Crippen molar-refractivity contribution in [3.05, 3.63) is 41.6 Å². The lowest BCUT2D eigenvalue weighted by Gasteiger charge is -2.24. The summed E-state index contributed by atoms with van der Waals surface area (Å²) in [5.41, 5.74) is 9.27. The zero-order valence-corrected chi connectivity index (χ0v) is 10.8. The number of pyridine rings is 1. The molecule has 90 valence electrons. The fraction of sp³-hybridized carbons (Fsp3) is 0.400. The first kappa shape index (κ1) is 12.1. The zero-order valence-electron chi connectivity index (χ0n) is 10.8. The monoisotopic (exact) mass is 228 g/mol. The van der Waals surface area contributed by atoms with Crippen LogP contribution in [0.4, 0.5) is 0 Å². The highest BCUT2D eigenvalue weighted by Crippen LogP contribution is 2.28. The predicted molar refractivity (Wildman–Crippen MR) is 73.2 cm³/mol. The lowest BCUT2D eigenvalue weighted by molar-refractivity contribution is 0.488. The molecule has 0 saturated carbocycles. The first-order valence-electron chi connectivity index (χ1n) is 6.11. The summed E-state index contributed by atoms with van der Waals surface area (Å²) in [5.74, 6) is 0. The molecule has 0 spiro atoms. The van der Waals surface area contributed by atoms with Crippen LogP contribution in [0.2, 0.25) is 0 Å². The highest BCUT2D eigenvalue weighted by molar-refractivity contribution is 5.79. The Kier molecular flexibility index (Phi) is 3.16. The summed E-state index contributed by atoms with van der Waals surface area (Å²) in [6.45, 7) is 7.22. The highest BCUT2D eigenvalue weighted by atomic mass is 14.7. The van der Waals surface area contributed by atoms with Gasteiger partial charge < -0.3 is 5.73 Å². The zero-order chi connectivity index (χ0) is 12.5. The summed E-state index contributed by atoms with van der Waals surface area (Å²) >= 11 is 0. The number of hydrogen-bond donors (Lipinski definition) is 1. The van der Waals surface area contributed by atoms with E-state index < -0.39 is 0 Å². The fourth-order valence-electron chi connectivity index (χ4n) is 2.15. The quantitative estimate of drug-likeness (QED) is 0.876. The van der Waals surface area contributed by atoms with Gasteiger partial charge in [0.2, 0.25) is 0 Å². The minimum absolute atomic E-state index is 0.133. The largest absolute Gasteiger partial charge is 0.330 e. The molecule has 2 N–H and O–H groups in total. The summed E-state index contributed by atoms with van der Waals surface area (Å²) in [5, 5.41) is 1.21. The third kappa shape index (κ3) is 2.47. The second-order valence-electron chi connectivity index (χ2n) is 5.28. The molecule has 0 aliphatic heterocycles. The van der Waals surface area contributed by atoms with Gasteiger partial charge in [-0.2, -0.15) is 0 Å². The predicted octanol–water partition coefficient (Wildman–Crippen LogP) is 3.17. The lowest BCUT2D eigenvalue weighted by atomic mass is 9.81. The van der Waals surface area contributed by atoms with Crippen LogP contribution < -0.4 is 5.73 Å². The van der Waals surface area contributed by atoms with E-state index in [2.05, 4.69) is 49.2 Å². The van der Waals surface area contributed by atoms with Gasteiger partial charge in [-0.1, -0.05) is 26.0 Å². The van der Waals surface area contributed by atoms with Crippen LogP contribution in [0, 0.1) is 6.92 Å². The topological polar surface area (TPSA) is 38.9 Å². The summed E-state index contributed by atoms with van der Waals surface area (Å²) in [4.78, 5) is 4.52. The minimum Gasteiger partial charge on any atom is -0.330 e. The second-order valence-corrected chi connectivity index (χ2v) is 5.28. The van der Waals surface area contributed by atoms with Gasteiger partial charge in [-0.3, -0.25) is 4.98 Å². The third-order valence-electron chi connectivity index (χ3n) is 3.38. The van der Waals surface area contributed by atoms with Gasteiger partial charge in [-0.05, 0) is 49.1 Å². The first-order valence-corrected chi connectivity index (χ1v) is 6.11. The molecule has 0 atom stereocenters. The van der Waals surface area contributed by atoms with Gasteiger partial charge in [-0.25, -0.2) is 0 Å². The number of rotatable bonds is 3. The van der Waals surface area contributed by atoms with E-state index in [1.807, 2.05) is 6.92 Å². The smallest absolute Gasteiger partial charge is 0.0705 e. The maximum Gasteiger partial charge on any atom is 0.0705 e. The number of aryl methyl sites for hydroxylation is 1. The SMILES string of the molecule is Cc1ccc2cc(C(C)(C)CCN)ccc2n1. The first-order chi connectivity index (χ1) is 8.03. The van der Waals surface area contributed by atoms with E-state index in [0.717, 1.165) is 24.2 Å². The molecule has 0 fully saturated rings. The molecule has 1 aromatic carbocycles. The van der Waals surface area contributed by atoms with Crippen molar-refractivity contribution in [1.29, 1.82) is 0 Å². The molecule has 0 aliphatic rings. The van der Waals surface area contributed by atoms with Crippen LogP contribution in [0.25, 0.3) is 10.9 Å². The Morgan fingerprint density at radius 1 is 1.18 bits per heavy atom. The molecule has 0 radical (unpaired) electrons. The minimum atomic E-state index is 0.133. The Bertz CT molecular complexity index is 529. The van der Waals surface area contributed by atoms with Crippen LogP contribution in [0.3, 0.4) is 0 Å². The molecule has 2 nitrogen and oxygen atoms in total. The van der Waals surface area contributed by atoms with Crippen LogP contribution >= 0.6 is 0 Å². The van der Waals surface area contributed by atoms with Crippen molar-refractivity contribution in [3.8, 4) is 0 Å². The van der Waals surface area contributed by atoms with Gasteiger partial charge in [0.25, 0.3) is 0 Å². The summed E-state index contributed by atoms with van der Waals surface area (Å²) in [7, 11) is 0. The maximum absolute atomic E-state index is 5.67. The molecule has 0 amide bonds. The summed E-state index contributed by atoms with van der Waals surface area (Å²) in [6.07, 6.45) is 0.998. The van der Waals surface area contributed by atoms with Crippen molar-refractivity contribution in [2.45, 2.75) is 32.6 Å². The van der Waals surface area contributed by atoms with Crippen LogP contribution in [0.15, 0.2) is 30.3 Å². The molecule has 0 bridgehead atoms. The van der Waals surface area contributed by atoms with Crippen molar-refractivity contribution >= 4 is 10.9 Å². The molecule has 2 heteroatoms. The molecule has 1 heterocycles. The van der Waals surface area contributed by atoms with Gasteiger partial charge in [0.1, 0.15) is 0 Å². The molecule has 0 saturated heterocycles. The Morgan fingerprint density at radius 2 is 1.94 bits per heavy atom. The lowest BCUT2D eigenvalue weighted by Crippen LogP contribution is -2.21. The molecule has 17 heavy (non-hydrogen) atoms. The molecule has 0 unspecified atom stereocenters. The van der Waals surface area contributed by atoms with Crippen LogP contribution in [0.5, 0.6) is 0 Å². The Balaban J connectivity index is 2.48. The summed E-state index contributed by atoms with van der Waals surface area (Å²) < 4.78 is 0. The number of benzene rings is 1. The summed E-state index contributed by atoms with van der Waals surface area (Å²) in [6, 6.07) is 10.7. The third-order valence-corrected chi connectivity index (χ3v) is 3.38. The van der Waals surface area contributed by atoms with Gasteiger partial charge in [0.05, 0.1) is 5.52 Å². The van der Waals surface area contributed by atoms with E-state index in [9.17, 15) is 0 Å².